The molecule has 0 radical (unpaired) electrons. The number of carbonyl (C=O) groups excluding carboxylic acids is 2. The molecule has 0 bridgehead atoms. The minimum Gasteiger partial charge on any atom is -0.465 e. The van der Waals surface area contributed by atoms with Crippen LogP contribution in [0.4, 0.5) is 5.69 Å². The average Bonchev–Trinajstić information content (AvgIpc) is 2.51. The van der Waals surface area contributed by atoms with Gasteiger partial charge in [0.05, 0.1) is 35.0 Å². The van der Waals surface area contributed by atoms with Gasteiger partial charge in [-0.1, -0.05) is 34.8 Å². The van der Waals surface area contributed by atoms with Crippen LogP contribution in [0.25, 0.3) is 0 Å². The third kappa shape index (κ3) is 3.83. The zero-order chi connectivity index (χ0) is 16.9. The summed E-state index contributed by atoms with van der Waals surface area (Å²) in [5, 5.41) is 11.3. The number of anilines is 1. The lowest BCUT2D eigenvalue weighted by Crippen LogP contribution is -2.07. The van der Waals surface area contributed by atoms with E-state index in [1.807, 2.05) is 0 Å². The summed E-state index contributed by atoms with van der Waals surface area (Å²) in [6, 6.07) is 2.98. The summed E-state index contributed by atoms with van der Waals surface area (Å²) in [7, 11) is 2.29. The number of hydrogen-bond donors (Lipinski definition) is 1. The van der Waals surface area contributed by atoms with E-state index in [0.29, 0.717) is 0 Å². The fourth-order valence-electron chi connectivity index (χ4n) is 1.39. The van der Waals surface area contributed by atoms with Gasteiger partial charge in [0.1, 0.15) is 11.6 Å². The molecule has 0 spiro atoms. The highest BCUT2D eigenvalue weighted by Crippen LogP contribution is 2.37. The third-order valence-corrected chi connectivity index (χ3v) is 3.62. The summed E-state index contributed by atoms with van der Waals surface area (Å²) < 4.78 is 8.99. The molecule has 1 rings (SSSR count). The molecule has 0 heterocycles. The Morgan fingerprint density at radius 2 is 1.86 bits per heavy atom. The molecule has 0 amide bonds. The van der Waals surface area contributed by atoms with Gasteiger partial charge in [0, 0.05) is 6.20 Å². The predicted molar refractivity (Wildman–Crippen MR) is 82.1 cm³/mol. The van der Waals surface area contributed by atoms with Gasteiger partial charge < -0.3 is 14.8 Å². The van der Waals surface area contributed by atoms with Crippen LogP contribution in [0.2, 0.25) is 15.1 Å². The van der Waals surface area contributed by atoms with Crippen molar-refractivity contribution in [3.63, 3.8) is 0 Å². The van der Waals surface area contributed by atoms with Crippen LogP contribution in [-0.4, -0.2) is 26.2 Å². The van der Waals surface area contributed by atoms with Gasteiger partial charge in [-0.3, -0.25) is 0 Å². The number of halogens is 3. The average molecular weight is 364 g/mol. The van der Waals surface area contributed by atoms with Gasteiger partial charge in [-0.15, -0.1) is 0 Å². The topological polar surface area (TPSA) is 88.4 Å². The van der Waals surface area contributed by atoms with Gasteiger partial charge in [0.2, 0.25) is 0 Å². The molecule has 9 heteroatoms. The van der Waals surface area contributed by atoms with Crippen molar-refractivity contribution in [1.82, 2.24) is 0 Å². The predicted octanol–water partition coefficient (Wildman–Crippen LogP) is 3.43. The van der Waals surface area contributed by atoms with Crippen molar-refractivity contribution in [1.29, 1.82) is 5.26 Å². The van der Waals surface area contributed by atoms with Crippen molar-refractivity contribution >= 4 is 52.4 Å². The molecule has 22 heavy (non-hydrogen) atoms. The summed E-state index contributed by atoms with van der Waals surface area (Å²) >= 11 is 17.9. The summed E-state index contributed by atoms with van der Waals surface area (Å²) in [6.45, 7) is 0. The molecule has 0 saturated carbocycles. The molecule has 1 aromatic carbocycles. The second-order valence-corrected chi connectivity index (χ2v) is 4.87. The van der Waals surface area contributed by atoms with E-state index in [0.717, 1.165) is 20.4 Å². The van der Waals surface area contributed by atoms with Crippen molar-refractivity contribution in [3.05, 3.63) is 38.5 Å². The van der Waals surface area contributed by atoms with E-state index in [4.69, 9.17) is 40.1 Å². The highest BCUT2D eigenvalue weighted by molar-refractivity contribution is 6.47. The van der Waals surface area contributed by atoms with Gasteiger partial charge in [0.15, 0.2) is 5.57 Å². The second kappa shape index (κ2) is 7.90. The first-order valence-electron chi connectivity index (χ1n) is 5.58. The van der Waals surface area contributed by atoms with E-state index in [2.05, 4.69) is 14.8 Å². The van der Waals surface area contributed by atoms with E-state index in [9.17, 15) is 9.59 Å². The van der Waals surface area contributed by atoms with Crippen molar-refractivity contribution in [3.8, 4) is 6.07 Å². The first-order valence-corrected chi connectivity index (χ1v) is 6.71. The lowest BCUT2D eigenvalue weighted by Gasteiger charge is -2.11. The number of ether oxygens (including phenoxy) is 2. The van der Waals surface area contributed by atoms with E-state index < -0.39 is 11.9 Å². The molecular weight excluding hydrogens is 355 g/mol. The Balaban J connectivity index is 3.31. The quantitative estimate of drug-likeness (QED) is 0.381. The SMILES string of the molecule is COC(=O)C(C#N)=CNc1cc(Cl)c(Cl)c(C(=O)OC)c1Cl. The number of rotatable bonds is 4. The van der Waals surface area contributed by atoms with E-state index in [1.54, 1.807) is 6.07 Å². The van der Waals surface area contributed by atoms with Crippen LogP contribution in [0, 0.1) is 11.3 Å². The summed E-state index contributed by atoms with van der Waals surface area (Å²) in [5.41, 5.74) is -0.275. The molecule has 0 fully saturated rings. The van der Waals surface area contributed by atoms with Gasteiger partial charge in [0.25, 0.3) is 0 Å². The Kier molecular flexibility index (Phi) is 6.50. The maximum absolute atomic E-state index is 11.7. The van der Waals surface area contributed by atoms with Gasteiger partial charge >= 0.3 is 11.9 Å². The number of benzene rings is 1. The standard InChI is InChI=1S/C13H9Cl3N2O4/c1-21-12(19)6(4-17)5-18-8-3-7(14)10(15)9(11(8)16)13(20)22-2/h3,5,18H,1-2H3. The number of nitrogens with one attached hydrogen (secondary N) is 1. The Bertz CT molecular complexity index is 696. The molecule has 0 aliphatic heterocycles. The highest BCUT2D eigenvalue weighted by atomic mass is 35.5. The molecule has 0 saturated heterocycles. The van der Waals surface area contributed by atoms with Crippen molar-refractivity contribution in [2.45, 2.75) is 0 Å². The number of methoxy groups -OCH3 is 2. The van der Waals surface area contributed by atoms with Gasteiger partial charge in [-0.05, 0) is 6.07 Å². The maximum Gasteiger partial charge on any atom is 0.350 e. The fourth-order valence-corrected chi connectivity index (χ4v) is 2.15. The first kappa shape index (κ1) is 18.1. The second-order valence-electron chi connectivity index (χ2n) is 3.71. The minimum absolute atomic E-state index is 0.0407. The lowest BCUT2D eigenvalue weighted by atomic mass is 10.2. The molecule has 1 N–H and O–H groups in total. The zero-order valence-electron chi connectivity index (χ0n) is 11.4. The highest BCUT2D eigenvalue weighted by Gasteiger charge is 2.21. The van der Waals surface area contributed by atoms with Crippen molar-refractivity contribution in [2.24, 2.45) is 0 Å². The van der Waals surface area contributed by atoms with Crippen LogP contribution in [-0.2, 0) is 14.3 Å². The fraction of sp³-hybridized carbons (Fsp3) is 0.154. The van der Waals surface area contributed by atoms with Crippen LogP contribution in [0.5, 0.6) is 0 Å². The van der Waals surface area contributed by atoms with Crippen LogP contribution in [0.1, 0.15) is 10.4 Å². The number of carbonyl (C=O) groups is 2. The van der Waals surface area contributed by atoms with Gasteiger partial charge in [-0.25, -0.2) is 9.59 Å². The van der Waals surface area contributed by atoms with E-state index in [-0.39, 0.29) is 31.9 Å². The summed E-state index contributed by atoms with van der Waals surface area (Å²) in [4.78, 5) is 23.0. The smallest absolute Gasteiger partial charge is 0.350 e. The summed E-state index contributed by atoms with van der Waals surface area (Å²) in [5.74, 6) is -1.61. The van der Waals surface area contributed by atoms with Gasteiger partial charge in [-0.2, -0.15) is 5.26 Å². The molecule has 0 aliphatic carbocycles. The number of nitriles is 1. The Hall–Kier alpha value is -1.94. The van der Waals surface area contributed by atoms with Crippen LogP contribution >= 0.6 is 34.8 Å². The molecule has 116 valence electrons. The molecule has 0 aliphatic rings. The number of nitrogens with zero attached hydrogens (tertiary/aromatic N) is 1. The van der Waals surface area contributed by atoms with Crippen LogP contribution < -0.4 is 5.32 Å². The molecule has 1 aromatic rings. The molecule has 0 aromatic heterocycles. The Morgan fingerprint density at radius 1 is 1.23 bits per heavy atom. The van der Waals surface area contributed by atoms with Crippen molar-refractivity contribution in [2.75, 3.05) is 19.5 Å². The van der Waals surface area contributed by atoms with E-state index in [1.165, 1.54) is 6.07 Å². The maximum atomic E-state index is 11.7. The van der Waals surface area contributed by atoms with Crippen LogP contribution in [0.3, 0.4) is 0 Å². The largest absolute Gasteiger partial charge is 0.465 e. The molecule has 0 atom stereocenters. The van der Waals surface area contributed by atoms with Crippen molar-refractivity contribution < 1.29 is 19.1 Å². The molecular formula is C13H9Cl3N2O4. The number of esters is 2. The third-order valence-electron chi connectivity index (χ3n) is 2.44. The number of hydrogen-bond acceptors (Lipinski definition) is 6. The Morgan fingerprint density at radius 3 is 2.36 bits per heavy atom. The lowest BCUT2D eigenvalue weighted by molar-refractivity contribution is -0.135. The minimum atomic E-state index is -0.834. The zero-order valence-corrected chi connectivity index (χ0v) is 13.6. The molecule has 6 nitrogen and oxygen atoms in total. The molecule has 0 unspecified atom stereocenters. The summed E-state index contributed by atoms with van der Waals surface area (Å²) in [6.07, 6.45) is 1.07. The monoisotopic (exact) mass is 362 g/mol. The van der Waals surface area contributed by atoms with Crippen LogP contribution in [0.15, 0.2) is 17.8 Å². The normalized spacial score (nSPS) is 10.6. The first-order chi connectivity index (χ1) is 10.4. The van der Waals surface area contributed by atoms with E-state index >= 15 is 0 Å². The Labute approximate surface area is 141 Å².